The van der Waals surface area contributed by atoms with Crippen LogP contribution in [-0.4, -0.2) is 42.0 Å². The first-order valence-electron chi connectivity index (χ1n) is 7.40. The van der Waals surface area contributed by atoms with Gasteiger partial charge in [0.05, 0.1) is 5.54 Å². The lowest BCUT2D eigenvalue weighted by molar-refractivity contribution is -0.124. The largest absolute Gasteiger partial charge is 0.368 e. The van der Waals surface area contributed by atoms with Gasteiger partial charge in [0.25, 0.3) is 0 Å². The van der Waals surface area contributed by atoms with E-state index in [9.17, 15) is 4.79 Å². The van der Waals surface area contributed by atoms with E-state index in [4.69, 9.17) is 5.73 Å². The number of likely N-dealkylation sites (tertiary alicyclic amines) is 1. The summed E-state index contributed by atoms with van der Waals surface area (Å²) in [5.74, 6) is 0.686. The molecule has 4 nitrogen and oxygen atoms in total. The molecule has 0 aromatic rings. The normalized spacial score (nSPS) is 37.2. The number of carbonyl (C=O) groups excluding carboxylic acids is 1. The van der Waals surface area contributed by atoms with Crippen molar-refractivity contribution in [3.8, 4) is 0 Å². The Morgan fingerprint density at radius 2 is 2.22 bits per heavy atom. The van der Waals surface area contributed by atoms with Crippen molar-refractivity contribution >= 4 is 5.91 Å². The van der Waals surface area contributed by atoms with E-state index in [1.165, 1.54) is 25.9 Å². The fourth-order valence-corrected chi connectivity index (χ4v) is 3.67. The van der Waals surface area contributed by atoms with Crippen molar-refractivity contribution in [1.29, 1.82) is 0 Å². The lowest BCUT2D eigenvalue weighted by Crippen LogP contribution is -2.54. The molecule has 2 fully saturated rings. The van der Waals surface area contributed by atoms with Crippen LogP contribution in [0.2, 0.25) is 0 Å². The highest BCUT2D eigenvalue weighted by molar-refractivity contribution is 5.85. The lowest BCUT2D eigenvalue weighted by atomic mass is 9.96. The Hall–Kier alpha value is -0.610. The van der Waals surface area contributed by atoms with Crippen molar-refractivity contribution < 1.29 is 4.79 Å². The monoisotopic (exact) mass is 253 g/mol. The molecule has 1 saturated heterocycles. The molecule has 3 unspecified atom stereocenters. The van der Waals surface area contributed by atoms with Crippen LogP contribution in [0.3, 0.4) is 0 Å². The van der Waals surface area contributed by atoms with Gasteiger partial charge in [0.15, 0.2) is 0 Å². The van der Waals surface area contributed by atoms with E-state index in [1.54, 1.807) is 0 Å². The zero-order chi connectivity index (χ0) is 13.2. The van der Waals surface area contributed by atoms with Gasteiger partial charge in [-0.3, -0.25) is 4.79 Å². The van der Waals surface area contributed by atoms with Crippen LogP contribution >= 0.6 is 0 Å². The molecule has 0 radical (unpaired) electrons. The average Bonchev–Trinajstić information content (AvgIpc) is 2.95. The number of rotatable bonds is 5. The fourth-order valence-electron chi connectivity index (χ4n) is 3.67. The first-order chi connectivity index (χ1) is 8.61. The van der Waals surface area contributed by atoms with Crippen molar-refractivity contribution in [1.82, 2.24) is 10.2 Å². The van der Waals surface area contributed by atoms with Crippen molar-refractivity contribution in [2.45, 2.75) is 57.5 Å². The van der Waals surface area contributed by atoms with Crippen LogP contribution in [0.5, 0.6) is 0 Å². The molecule has 18 heavy (non-hydrogen) atoms. The summed E-state index contributed by atoms with van der Waals surface area (Å²) in [6.07, 6.45) is 5.49. The van der Waals surface area contributed by atoms with Gasteiger partial charge >= 0.3 is 0 Å². The number of nitrogens with zero attached hydrogens (tertiary/aromatic N) is 1. The van der Waals surface area contributed by atoms with Crippen LogP contribution in [0, 0.1) is 5.92 Å². The summed E-state index contributed by atoms with van der Waals surface area (Å²) in [6.45, 7) is 7.54. The minimum absolute atomic E-state index is 0.168. The minimum Gasteiger partial charge on any atom is -0.368 e. The van der Waals surface area contributed by atoms with E-state index < -0.39 is 5.54 Å². The second kappa shape index (κ2) is 5.57. The van der Waals surface area contributed by atoms with Crippen molar-refractivity contribution in [3.05, 3.63) is 0 Å². The first kappa shape index (κ1) is 13.8. The summed E-state index contributed by atoms with van der Waals surface area (Å²) in [7, 11) is 0. The molecule has 1 aliphatic heterocycles. The third-order valence-electron chi connectivity index (χ3n) is 4.89. The Balaban J connectivity index is 1.96. The number of nitrogens with two attached hydrogens (primary N) is 1. The summed E-state index contributed by atoms with van der Waals surface area (Å²) >= 11 is 0. The molecule has 0 spiro atoms. The molecule has 0 bridgehead atoms. The van der Waals surface area contributed by atoms with Gasteiger partial charge in [-0.1, -0.05) is 20.3 Å². The molecule has 104 valence electrons. The molecule has 1 saturated carbocycles. The molecular formula is C14H27N3O. The van der Waals surface area contributed by atoms with Gasteiger partial charge in [-0.15, -0.1) is 0 Å². The Morgan fingerprint density at radius 1 is 1.44 bits per heavy atom. The number of carbonyl (C=O) groups is 1. The molecule has 3 atom stereocenters. The summed E-state index contributed by atoms with van der Waals surface area (Å²) in [6, 6.07) is 0.549. The molecule has 0 aromatic heterocycles. The average molecular weight is 253 g/mol. The first-order valence-corrected chi connectivity index (χ1v) is 7.40. The van der Waals surface area contributed by atoms with Crippen molar-refractivity contribution in [3.63, 3.8) is 0 Å². The molecule has 2 aliphatic rings. The Morgan fingerprint density at radius 3 is 2.78 bits per heavy atom. The number of amides is 1. The van der Waals surface area contributed by atoms with Crippen LogP contribution in [-0.2, 0) is 4.79 Å². The molecule has 2 rings (SSSR count). The maximum atomic E-state index is 11.7. The molecular weight excluding hydrogens is 226 g/mol. The van der Waals surface area contributed by atoms with Gasteiger partial charge in [-0.25, -0.2) is 0 Å². The van der Waals surface area contributed by atoms with Gasteiger partial charge < -0.3 is 16.0 Å². The minimum atomic E-state index is -0.441. The van der Waals surface area contributed by atoms with Crippen LogP contribution in [0.15, 0.2) is 0 Å². The van der Waals surface area contributed by atoms with E-state index in [1.807, 2.05) is 6.92 Å². The second-order valence-corrected chi connectivity index (χ2v) is 5.93. The van der Waals surface area contributed by atoms with Crippen molar-refractivity contribution in [2.75, 3.05) is 19.6 Å². The topological polar surface area (TPSA) is 58.4 Å². The maximum absolute atomic E-state index is 11.7. The summed E-state index contributed by atoms with van der Waals surface area (Å²) in [4.78, 5) is 14.3. The van der Waals surface area contributed by atoms with Gasteiger partial charge in [0, 0.05) is 12.6 Å². The summed E-state index contributed by atoms with van der Waals surface area (Å²) < 4.78 is 0. The van der Waals surface area contributed by atoms with Gasteiger partial charge in [0.1, 0.15) is 0 Å². The van der Waals surface area contributed by atoms with Crippen molar-refractivity contribution in [2.24, 2.45) is 11.7 Å². The van der Waals surface area contributed by atoms with Crippen LogP contribution < -0.4 is 11.1 Å². The van der Waals surface area contributed by atoms with E-state index in [-0.39, 0.29) is 5.91 Å². The highest BCUT2D eigenvalue weighted by Crippen LogP contribution is 2.35. The number of hydrogen-bond acceptors (Lipinski definition) is 3. The summed E-state index contributed by atoms with van der Waals surface area (Å²) in [5, 5.41) is 3.33. The zero-order valence-corrected chi connectivity index (χ0v) is 11.7. The SMILES string of the molecule is CCNC1(C(N)=O)CCC(N2CCC(CC)C2)C1. The third-order valence-corrected chi connectivity index (χ3v) is 4.89. The van der Waals surface area contributed by atoms with E-state index in [0.29, 0.717) is 6.04 Å². The molecule has 0 aromatic carbocycles. The maximum Gasteiger partial charge on any atom is 0.237 e. The number of primary amides is 1. The van der Waals surface area contributed by atoms with Crippen LogP contribution in [0.1, 0.15) is 46.0 Å². The zero-order valence-electron chi connectivity index (χ0n) is 11.7. The number of likely N-dealkylation sites (N-methyl/N-ethyl adjacent to an activating group) is 1. The molecule has 4 heteroatoms. The number of nitrogens with one attached hydrogen (secondary N) is 1. The summed E-state index contributed by atoms with van der Waals surface area (Å²) in [5.41, 5.74) is 5.17. The standard InChI is InChI=1S/C14H27N3O/c1-3-11-6-8-17(10-11)12-5-7-14(9-12,13(15)18)16-4-2/h11-12,16H,3-10H2,1-2H3,(H2,15,18). The van der Waals surface area contributed by atoms with Crippen LogP contribution in [0.25, 0.3) is 0 Å². The molecule has 1 aliphatic carbocycles. The van der Waals surface area contributed by atoms with Gasteiger partial charge in [0.2, 0.25) is 5.91 Å². The Labute approximate surface area is 110 Å². The Kier molecular flexibility index (Phi) is 4.28. The smallest absolute Gasteiger partial charge is 0.237 e. The van der Waals surface area contributed by atoms with E-state index in [0.717, 1.165) is 31.7 Å². The highest BCUT2D eigenvalue weighted by atomic mass is 16.1. The van der Waals surface area contributed by atoms with Gasteiger partial charge in [-0.05, 0) is 44.7 Å². The Bertz CT molecular complexity index is 307. The molecule has 1 amide bonds. The number of hydrogen-bond donors (Lipinski definition) is 2. The second-order valence-electron chi connectivity index (χ2n) is 5.93. The molecule has 3 N–H and O–H groups in total. The predicted molar refractivity (Wildman–Crippen MR) is 73.2 cm³/mol. The van der Waals surface area contributed by atoms with Gasteiger partial charge in [-0.2, -0.15) is 0 Å². The molecule has 1 heterocycles. The fraction of sp³-hybridized carbons (Fsp3) is 0.929. The van der Waals surface area contributed by atoms with E-state index >= 15 is 0 Å². The predicted octanol–water partition coefficient (Wildman–Crippen LogP) is 1.10. The lowest BCUT2D eigenvalue weighted by Gasteiger charge is -2.29. The third kappa shape index (κ3) is 2.54. The van der Waals surface area contributed by atoms with Crippen LogP contribution in [0.4, 0.5) is 0 Å². The highest BCUT2D eigenvalue weighted by Gasteiger charge is 2.45. The van der Waals surface area contributed by atoms with E-state index in [2.05, 4.69) is 17.1 Å². The quantitative estimate of drug-likeness (QED) is 0.771.